The summed E-state index contributed by atoms with van der Waals surface area (Å²) in [5.74, 6) is -0.564. The highest BCUT2D eigenvalue weighted by Gasteiger charge is 2.95. The van der Waals surface area contributed by atoms with Crippen molar-refractivity contribution in [2.45, 2.75) is 88.5 Å². The average molecular weight is 463 g/mol. The number of fused-ring (bicyclic) bond motifs is 2. The summed E-state index contributed by atoms with van der Waals surface area (Å²) < 4.78 is 29.6. The quantitative estimate of drug-likeness (QED) is 0.294. The van der Waals surface area contributed by atoms with Gasteiger partial charge >= 0.3 is 11.9 Å². The fourth-order valence-corrected chi connectivity index (χ4v) is 7.64. The maximum absolute atomic E-state index is 12.2. The lowest BCUT2D eigenvalue weighted by molar-refractivity contribution is -0.228. The van der Waals surface area contributed by atoms with E-state index < -0.39 is 28.9 Å². The Morgan fingerprint density at radius 1 is 1.27 bits per heavy atom. The molecule has 3 heterocycles. The highest BCUT2D eigenvalue weighted by Crippen LogP contribution is 2.80. The Bertz CT molecular complexity index is 927. The normalized spacial score (nSPS) is 48.2. The van der Waals surface area contributed by atoms with Crippen LogP contribution in [0.1, 0.15) is 53.4 Å². The molecule has 0 amide bonds. The Kier molecular flexibility index (Phi) is 4.98. The van der Waals surface area contributed by atoms with E-state index in [0.717, 1.165) is 24.0 Å². The van der Waals surface area contributed by atoms with Gasteiger partial charge in [0.05, 0.1) is 17.8 Å². The van der Waals surface area contributed by atoms with Gasteiger partial charge in [-0.05, 0) is 36.7 Å². The highest BCUT2D eigenvalue weighted by atomic mass is 16.7. The number of ether oxygens (including phenoxy) is 5. The van der Waals surface area contributed by atoms with Crippen LogP contribution >= 0.6 is 0 Å². The third kappa shape index (κ3) is 2.61. The number of aliphatic hydroxyl groups is 1. The molecule has 4 fully saturated rings. The number of cyclic esters (lactones) is 1. The van der Waals surface area contributed by atoms with Crippen LogP contribution in [0.5, 0.6) is 0 Å². The number of esters is 2. The van der Waals surface area contributed by atoms with Crippen LogP contribution in [0.3, 0.4) is 0 Å². The van der Waals surface area contributed by atoms with Gasteiger partial charge in [0.25, 0.3) is 0 Å². The van der Waals surface area contributed by atoms with E-state index >= 15 is 0 Å². The van der Waals surface area contributed by atoms with Gasteiger partial charge in [-0.2, -0.15) is 0 Å². The monoisotopic (exact) mass is 462 g/mol. The molecule has 0 unspecified atom stereocenters. The van der Waals surface area contributed by atoms with E-state index in [1.807, 2.05) is 13.8 Å². The zero-order valence-electron chi connectivity index (χ0n) is 19.8. The molecule has 1 N–H and O–H groups in total. The number of hydrogen-bond acceptors (Lipinski definition) is 8. The Balaban J connectivity index is 0.00000111. The molecule has 3 aliphatic carbocycles. The Morgan fingerprint density at radius 2 is 2.00 bits per heavy atom. The first-order chi connectivity index (χ1) is 15.6. The molecule has 3 aliphatic heterocycles. The fraction of sp³-hybridized carbons (Fsp3) is 0.760. The first kappa shape index (κ1) is 23.0. The minimum atomic E-state index is -1.16. The highest BCUT2D eigenvalue weighted by molar-refractivity contribution is 5.92. The van der Waals surface area contributed by atoms with Crippen LogP contribution in [-0.4, -0.2) is 65.6 Å². The molecule has 0 aromatic rings. The van der Waals surface area contributed by atoms with E-state index in [2.05, 4.69) is 20.1 Å². The molecule has 2 saturated carbocycles. The second-order valence-corrected chi connectivity index (χ2v) is 10.7. The number of hydrogen-bond donors (Lipinski definition) is 1. The van der Waals surface area contributed by atoms with E-state index in [0.29, 0.717) is 19.4 Å². The average Bonchev–Trinajstić information content (AvgIpc) is 3.64. The summed E-state index contributed by atoms with van der Waals surface area (Å²) in [5.41, 5.74) is -0.829. The molecule has 33 heavy (non-hydrogen) atoms. The lowest BCUT2D eigenvalue weighted by Crippen LogP contribution is -2.72. The Morgan fingerprint density at radius 3 is 2.67 bits per heavy atom. The second kappa shape index (κ2) is 7.13. The molecule has 2 spiro atoms. The van der Waals surface area contributed by atoms with Crippen molar-refractivity contribution in [3.63, 3.8) is 0 Å². The van der Waals surface area contributed by atoms with Gasteiger partial charge in [-0.3, -0.25) is 4.79 Å². The minimum absolute atomic E-state index is 0.0942. The van der Waals surface area contributed by atoms with Crippen molar-refractivity contribution in [2.24, 2.45) is 17.3 Å². The van der Waals surface area contributed by atoms with Crippen molar-refractivity contribution in [1.29, 1.82) is 0 Å². The van der Waals surface area contributed by atoms with Crippen LogP contribution < -0.4 is 0 Å². The van der Waals surface area contributed by atoms with Gasteiger partial charge in [-0.15, -0.1) is 13.2 Å². The Hall–Kier alpha value is -1.74. The largest absolute Gasteiger partial charge is 0.458 e. The molecular formula is C25H34O8. The maximum Gasteiger partial charge on any atom is 0.334 e. The maximum atomic E-state index is 12.2. The van der Waals surface area contributed by atoms with Crippen molar-refractivity contribution in [3.8, 4) is 0 Å². The van der Waals surface area contributed by atoms with Crippen molar-refractivity contribution in [2.75, 3.05) is 13.4 Å². The smallest absolute Gasteiger partial charge is 0.334 e. The van der Waals surface area contributed by atoms with Crippen molar-refractivity contribution < 1.29 is 38.4 Å². The lowest BCUT2D eigenvalue weighted by atomic mass is 9.46. The lowest BCUT2D eigenvalue weighted by Gasteiger charge is -2.56. The van der Waals surface area contributed by atoms with Gasteiger partial charge in [0.15, 0.2) is 12.4 Å². The summed E-state index contributed by atoms with van der Waals surface area (Å²) in [6.45, 7) is 13.6. The van der Waals surface area contributed by atoms with Gasteiger partial charge in [-0.25, -0.2) is 4.79 Å². The van der Waals surface area contributed by atoms with E-state index in [9.17, 15) is 14.7 Å². The summed E-state index contributed by atoms with van der Waals surface area (Å²) in [4.78, 5) is 23.5. The summed E-state index contributed by atoms with van der Waals surface area (Å²) in [6.07, 6.45) is 1.71. The minimum Gasteiger partial charge on any atom is -0.458 e. The summed E-state index contributed by atoms with van der Waals surface area (Å²) in [6, 6.07) is 0. The van der Waals surface area contributed by atoms with Gasteiger partial charge in [-0.1, -0.05) is 20.8 Å². The number of rotatable bonds is 4. The van der Waals surface area contributed by atoms with Gasteiger partial charge in [0, 0.05) is 24.3 Å². The molecule has 8 nitrogen and oxygen atoms in total. The molecule has 6 aliphatic rings. The summed E-state index contributed by atoms with van der Waals surface area (Å²) in [7, 11) is 0. The van der Waals surface area contributed by atoms with Gasteiger partial charge < -0.3 is 28.8 Å². The fourth-order valence-electron chi connectivity index (χ4n) is 7.64. The van der Waals surface area contributed by atoms with Crippen LogP contribution in [0.25, 0.3) is 0 Å². The molecule has 182 valence electrons. The first-order valence-corrected chi connectivity index (χ1v) is 11.8. The van der Waals surface area contributed by atoms with Gasteiger partial charge in [0.1, 0.15) is 18.3 Å². The zero-order chi connectivity index (χ0) is 24.0. The molecule has 6 rings (SSSR count). The van der Waals surface area contributed by atoms with E-state index in [1.54, 1.807) is 0 Å². The number of carbonyl (C=O) groups is 2. The number of carbonyl (C=O) groups excluding carboxylic acids is 2. The van der Waals surface area contributed by atoms with Crippen LogP contribution in [-0.2, 0) is 33.3 Å². The van der Waals surface area contributed by atoms with Crippen LogP contribution in [0.15, 0.2) is 24.3 Å². The molecule has 0 aromatic heterocycles. The van der Waals surface area contributed by atoms with Crippen molar-refractivity contribution in [3.05, 3.63) is 24.3 Å². The van der Waals surface area contributed by atoms with E-state index in [-0.39, 0.29) is 42.2 Å². The molecular weight excluding hydrogens is 428 g/mol. The van der Waals surface area contributed by atoms with E-state index in [4.69, 9.17) is 23.7 Å². The third-order valence-electron chi connectivity index (χ3n) is 9.29. The molecule has 0 aromatic carbocycles. The van der Waals surface area contributed by atoms with Crippen LogP contribution in [0.4, 0.5) is 0 Å². The predicted molar refractivity (Wildman–Crippen MR) is 116 cm³/mol. The SMILES string of the molecule is C=C.CC(=O)OCO[C@H]1[C@]23O[C@H]2C[C@H]2C4=C(CC[C@]2(C)[C@@]32O[C@H]2C[C@@]1(O)C(C)C)C(=O)OC4. The topological polar surface area (TPSA) is 107 Å². The zero-order valence-corrected chi connectivity index (χ0v) is 19.8. The van der Waals surface area contributed by atoms with Crippen molar-refractivity contribution >= 4 is 11.9 Å². The summed E-state index contributed by atoms with van der Waals surface area (Å²) in [5, 5.41) is 11.8. The number of epoxide rings is 2. The Labute approximate surface area is 194 Å². The predicted octanol–water partition coefficient (Wildman–Crippen LogP) is 2.43. The van der Waals surface area contributed by atoms with Crippen LogP contribution in [0, 0.1) is 17.3 Å². The van der Waals surface area contributed by atoms with Crippen molar-refractivity contribution in [1.82, 2.24) is 0 Å². The molecule has 0 radical (unpaired) electrons. The molecule has 8 heteroatoms. The third-order valence-corrected chi connectivity index (χ3v) is 9.29. The van der Waals surface area contributed by atoms with Crippen LogP contribution in [0.2, 0.25) is 0 Å². The summed E-state index contributed by atoms with van der Waals surface area (Å²) >= 11 is 0. The molecule has 2 saturated heterocycles. The van der Waals surface area contributed by atoms with E-state index in [1.165, 1.54) is 6.92 Å². The standard InChI is InChI=1S/C23H30O8.C2H4/c1-11(2)21(26)8-17-23(31-17)20(4)6-5-13-14(9-27-18(13)25)15(20)7-16-22(23,30-16)19(21)29-10-28-12(3)24;1-2/h11,15-17,19,26H,5-10H2,1-4H3;1-2H2/t15-,16-,17-,19+,20-,21+,22+,23+;/m0./s1. The van der Waals surface area contributed by atoms with Gasteiger partial charge in [0.2, 0.25) is 0 Å². The second-order valence-electron chi connectivity index (χ2n) is 10.7. The molecule has 8 atom stereocenters. The first-order valence-electron chi connectivity index (χ1n) is 11.8. The molecule has 0 bridgehead atoms.